The van der Waals surface area contributed by atoms with E-state index in [4.69, 9.17) is 11.6 Å². The number of tetrazole rings is 1. The van der Waals surface area contributed by atoms with Crippen LogP contribution in [0.3, 0.4) is 0 Å². The van der Waals surface area contributed by atoms with Gasteiger partial charge in [0.15, 0.2) is 0 Å². The molecule has 6 nitrogen and oxygen atoms in total. The summed E-state index contributed by atoms with van der Waals surface area (Å²) in [6, 6.07) is 24.9. The molecule has 1 amide bonds. The molecule has 0 radical (unpaired) electrons. The number of rotatable bonds is 7. The second-order valence-electron chi connectivity index (χ2n) is 6.55. The smallest absolute Gasteiger partial charge is 0.234 e. The Hall–Kier alpha value is -3.42. The van der Waals surface area contributed by atoms with E-state index in [1.807, 2.05) is 72.8 Å². The van der Waals surface area contributed by atoms with Gasteiger partial charge in [0, 0.05) is 10.7 Å². The van der Waals surface area contributed by atoms with Crippen molar-refractivity contribution in [2.24, 2.45) is 0 Å². The summed E-state index contributed by atoms with van der Waals surface area (Å²) in [5.74, 6) is 0.0483. The number of thioether (sulfide) groups is 1. The van der Waals surface area contributed by atoms with E-state index in [-0.39, 0.29) is 11.7 Å². The standard InChI is InChI=1S/C23H18ClN5OS/c24-19-10-14-21(15-11-19)29-23(26-27-28-29)31-16-22(30)25-20-12-8-18(9-13-20)7-6-17-4-2-1-3-5-17/h1-15H,16H2,(H,25,30)/b7-6+. The molecule has 0 spiro atoms. The number of hydrogen-bond donors (Lipinski definition) is 1. The highest BCUT2D eigenvalue weighted by Gasteiger charge is 2.12. The van der Waals surface area contributed by atoms with Gasteiger partial charge in [-0.3, -0.25) is 4.79 Å². The second-order valence-corrected chi connectivity index (χ2v) is 7.93. The summed E-state index contributed by atoms with van der Waals surface area (Å²) in [7, 11) is 0. The summed E-state index contributed by atoms with van der Waals surface area (Å²) < 4.78 is 1.57. The first-order chi connectivity index (χ1) is 15.2. The molecule has 0 saturated heterocycles. The Morgan fingerprint density at radius 1 is 0.935 bits per heavy atom. The Balaban J connectivity index is 1.32. The average molecular weight is 448 g/mol. The van der Waals surface area contributed by atoms with Crippen molar-refractivity contribution in [3.05, 3.63) is 95.0 Å². The molecule has 0 fully saturated rings. The minimum Gasteiger partial charge on any atom is -0.325 e. The van der Waals surface area contributed by atoms with Crippen LogP contribution in [-0.4, -0.2) is 31.9 Å². The largest absolute Gasteiger partial charge is 0.325 e. The molecule has 1 heterocycles. The number of hydrogen-bond acceptors (Lipinski definition) is 5. The summed E-state index contributed by atoms with van der Waals surface area (Å²) in [4.78, 5) is 12.4. The number of carbonyl (C=O) groups is 1. The second kappa shape index (κ2) is 10.1. The summed E-state index contributed by atoms with van der Waals surface area (Å²) in [6.45, 7) is 0. The van der Waals surface area contributed by atoms with Crippen molar-refractivity contribution < 1.29 is 4.79 Å². The van der Waals surface area contributed by atoms with Gasteiger partial charge in [-0.15, -0.1) is 5.10 Å². The number of nitrogens with zero attached hydrogens (tertiary/aromatic N) is 4. The summed E-state index contributed by atoms with van der Waals surface area (Å²) >= 11 is 7.18. The molecule has 0 aliphatic heterocycles. The Labute approximate surface area is 188 Å². The highest BCUT2D eigenvalue weighted by atomic mass is 35.5. The maximum Gasteiger partial charge on any atom is 0.234 e. The van der Waals surface area contributed by atoms with E-state index in [9.17, 15) is 4.79 Å². The monoisotopic (exact) mass is 447 g/mol. The Kier molecular flexibility index (Phi) is 6.76. The molecule has 0 unspecified atom stereocenters. The van der Waals surface area contributed by atoms with Crippen LogP contribution in [0.15, 0.2) is 84.0 Å². The zero-order chi connectivity index (χ0) is 21.5. The fourth-order valence-electron chi connectivity index (χ4n) is 2.77. The van der Waals surface area contributed by atoms with Crippen LogP contribution in [0.5, 0.6) is 0 Å². The van der Waals surface area contributed by atoms with Crippen LogP contribution in [0.4, 0.5) is 5.69 Å². The molecule has 0 saturated carbocycles. The zero-order valence-corrected chi connectivity index (χ0v) is 17.9. The van der Waals surface area contributed by atoms with Gasteiger partial charge in [-0.25, -0.2) is 0 Å². The number of benzene rings is 3. The van der Waals surface area contributed by atoms with E-state index in [0.29, 0.717) is 10.2 Å². The number of halogens is 1. The SMILES string of the molecule is O=C(CSc1nnnn1-c1ccc(Cl)cc1)Nc1ccc(/C=C/c2ccccc2)cc1. The molecular weight excluding hydrogens is 430 g/mol. The molecule has 31 heavy (non-hydrogen) atoms. The van der Waals surface area contributed by atoms with Gasteiger partial charge in [-0.1, -0.05) is 78.0 Å². The number of amides is 1. The van der Waals surface area contributed by atoms with Gasteiger partial charge in [0.25, 0.3) is 0 Å². The van der Waals surface area contributed by atoms with E-state index in [1.54, 1.807) is 16.8 Å². The van der Waals surface area contributed by atoms with Crippen LogP contribution in [0.1, 0.15) is 11.1 Å². The molecule has 0 aliphatic rings. The average Bonchev–Trinajstić information content (AvgIpc) is 3.27. The summed E-state index contributed by atoms with van der Waals surface area (Å²) in [5.41, 5.74) is 3.70. The van der Waals surface area contributed by atoms with E-state index >= 15 is 0 Å². The third kappa shape index (κ3) is 5.81. The van der Waals surface area contributed by atoms with Gasteiger partial charge in [-0.05, 0) is 58.0 Å². The van der Waals surface area contributed by atoms with Crippen molar-refractivity contribution in [3.63, 3.8) is 0 Å². The van der Waals surface area contributed by atoms with E-state index in [1.165, 1.54) is 11.8 Å². The molecule has 4 aromatic rings. The molecule has 1 aromatic heterocycles. The van der Waals surface area contributed by atoms with E-state index in [0.717, 1.165) is 22.5 Å². The molecule has 154 valence electrons. The lowest BCUT2D eigenvalue weighted by atomic mass is 10.1. The first-order valence-electron chi connectivity index (χ1n) is 9.47. The minimum atomic E-state index is -0.136. The minimum absolute atomic E-state index is 0.136. The fourth-order valence-corrected chi connectivity index (χ4v) is 3.59. The van der Waals surface area contributed by atoms with E-state index < -0.39 is 0 Å². The predicted octanol–water partition coefficient (Wildman–Crippen LogP) is 5.22. The summed E-state index contributed by atoms with van der Waals surface area (Å²) in [6.07, 6.45) is 4.09. The van der Waals surface area contributed by atoms with Crippen molar-refractivity contribution in [1.82, 2.24) is 20.2 Å². The highest BCUT2D eigenvalue weighted by molar-refractivity contribution is 7.99. The topological polar surface area (TPSA) is 72.7 Å². The summed E-state index contributed by atoms with van der Waals surface area (Å²) in [5, 5.41) is 15.7. The number of anilines is 1. The fraction of sp³-hybridized carbons (Fsp3) is 0.0435. The van der Waals surface area contributed by atoms with Gasteiger partial charge < -0.3 is 5.32 Å². The maximum atomic E-state index is 12.4. The molecule has 0 atom stereocenters. The maximum absolute atomic E-state index is 12.4. The van der Waals surface area contributed by atoms with Crippen LogP contribution >= 0.6 is 23.4 Å². The van der Waals surface area contributed by atoms with Gasteiger partial charge in [0.05, 0.1) is 11.4 Å². The van der Waals surface area contributed by atoms with Gasteiger partial charge in [0.2, 0.25) is 11.1 Å². The van der Waals surface area contributed by atoms with Gasteiger partial charge in [-0.2, -0.15) is 4.68 Å². The first kappa shape index (κ1) is 20.8. The van der Waals surface area contributed by atoms with Crippen molar-refractivity contribution in [2.45, 2.75) is 5.16 Å². The molecule has 4 rings (SSSR count). The molecule has 8 heteroatoms. The van der Waals surface area contributed by atoms with Crippen LogP contribution in [0.2, 0.25) is 5.02 Å². The molecule has 1 N–H and O–H groups in total. The van der Waals surface area contributed by atoms with Crippen molar-refractivity contribution in [2.75, 3.05) is 11.1 Å². The molecule has 0 aliphatic carbocycles. The normalized spacial score (nSPS) is 11.0. The lowest BCUT2D eigenvalue weighted by Gasteiger charge is -2.06. The predicted molar refractivity (Wildman–Crippen MR) is 125 cm³/mol. The van der Waals surface area contributed by atoms with Crippen LogP contribution in [0.25, 0.3) is 17.8 Å². The molecular formula is C23H18ClN5OS. The number of aromatic nitrogens is 4. The number of carbonyl (C=O) groups excluding carboxylic acids is 1. The third-order valence-electron chi connectivity index (χ3n) is 4.31. The molecule has 3 aromatic carbocycles. The Bertz CT molecular complexity index is 1170. The lowest BCUT2D eigenvalue weighted by Crippen LogP contribution is -2.14. The third-order valence-corrected chi connectivity index (χ3v) is 5.48. The lowest BCUT2D eigenvalue weighted by molar-refractivity contribution is -0.113. The van der Waals surface area contributed by atoms with Crippen LogP contribution in [-0.2, 0) is 4.79 Å². The van der Waals surface area contributed by atoms with Crippen molar-refractivity contribution >= 4 is 47.1 Å². The van der Waals surface area contributed by atoms with Gasteiger partial charge >= 0.3 is 0 Å². The quantitative estimate of drug-likeness (QED) is 0.310. The first-order valence-corrected chi connectivity index (χ1v) is 10.8. The Morgan fingerprint density at radius 3 is 2.32 bits per heavy atom. The zero-order valence-electron chi connectivity index (χ0n) is 16.4. The van der Waals surface area contributed by atoms with Crippen molar-refractivity contribution in [1.29, 1.82) is 0 Å². The number of nitrogens with one attached hydrogen (secondary N) is 1. The van der Waals surface area contributed by atoms with Crippen LogP contribution in [0, 0.1) is 0 Å². The van der Waals surface area contributed by atoms with Gasteiger partial charge in [0.1, 0.15) is 0 Å². The van der Waals surface area contributed by atoms with Crippen molar-refractivity contribution in [3.8, 4) is 5.69 Å². The highest BCUT2D eigenvalue weighted by Crippen LogP contribution is 2.20. The van der Waals surface area contributed by atoms with E-state index in [2.05, 4.69) is 26.9 Å². The molecule has 0 bridgehead atoms. The van der Waals surface area contributed by atoms with Crippen LogP contribution < -0.4 is 5.32 Å². The Morgan fingerprint density at radius 2 is 1.61 bits per heavy atom.